The van der Waals surface area contributed by atoms with Gasteiger partial charge in [0.05, 0.1) is 11.7 Å². The van der Waals surface area contributed by atoms with Gasteiger partial charge in [-0.3, -0.25) is 0 Å². The van der Waals surface area contributed by atoms with Gasteiger partial charge in [-0.15, -0.1) is 0 Å². The van der Waals surface area contributed by atoms with Gasteiger partial charge in [-0.1, -0.05) is 12.2 Å². The van der Waals surface area contributed by atoms with E-state index in [-0.39, 0.29) is 22.5 Å². The number of nitrogens with two attached hydrogens (primary N) is 1. The molecule has 0 aliphatic heterocycles. The number of pyridine rings is 1. The Morgan fingerprint density at radius 3 is 2.65 bits per heavy atom. The molecule has 112 valence electrons. The Morgan fingerprint density at radius 2 is 2.15 bits per heavy atom. The summed E-state index contributed by atoms with van der Waals surface area (Å²) in [5.41, 5.74) is 4.76. The highest BCUT2D eigenvalue weighted by Gasteiger charge is 2.33. The van der Waals surface area contributed by atoms with Gasteiger partial charge in [0.2, 0.25) is 0 Å². The molecule has 0 bridgehead atoms. The van der Waals surface area contributed by atoms with Crippen molar-refractivity contribution in [1.29, 1.82) is 0 Å². The van der Waals surface area contributed by atoms with E-state index in [1.54, 1.807) is 6.92 Å². The van der Waals surface area contributed by atoms with Crippen molar-refractivity contribution in [3.63, 3.8) is 0 Å². The maximum absolute atomic E-state index is 12.6. The van der Waals surface area contributed by atoms with E-state index in [4.69, 9.17) is 22.7 Å². The average Bonchev–Trinajstić information content (AvgIpc) is 2.35. The number of halogens is 3. The molecule has 4 nitrogen and oxygen atoms in total. The van der Waals surface area contributed by atoms with Crippen molar-refractivity contribution in [3.05, 3.63) is 23.4 Å². The molecule has 0 fully saturated rings. The van der Waals surface area contributed by atoms with Crippen molar-refractivity contribution in [1.82, 2.24) is 4.98 Å². The maximum atomic E-state index is 12.6. The number of nitrogens with zero attached hydrogens (tertiary/aromatic N) is 1. The molecule has 0 aliphatic rings. The second kappa shape index (κ2) is 6.85. The minimum absolute atomic E-state index is 0.0129. The number of rotatable bonds is 6. The molecule has 1 atom stereocenters. The predicted octanol–water partition coefficient (Wildman–Crippen LogP) is 2.57. The van der Waals surface area contributed by atoms with Crippen molar-refractivity contribution in [3.8, 4) is 0 Å². The number of hydrogen-bond donors (Lipinski definition) is 2. The van der Waals surface area contributed by atoms with Gasteiger partial charge in [0.1, 0.15) is 16.5 Å². The number of hydrogen-bond acceptors (Lipinski definition) is 4. The highest BCUT2D eigenvalue weighted by molar-refractivity contribution is 7.80. The molecular weight excluding hydrogens is 291 g/mol. The summed E-state index contributed by atoms with van der Waals surface area (Å²) in [5.74, 6) is 0.0129. The minimum atomic E-state index is -4.52. The molecule has 1 aromatic heterocycles. The zero-order valence-corrected chi connectivity index (χ0v) is 11.9. The molecule has 1 rings (SSSR count). The van der Waals surface area contributed by atoms with Crippen LogP contribution < -0.4 is 11.1 Å². The van der Waals surface area contributed by atoms with E-state index < -0.39 is 11.9 Å². The number of alkyl halides is 3. The van der Waals surface area contributed by atoms with Crippen LogP contribution in [0.3, 0.4) is 0 Å². The van der Waals surface area contributed by atoms with Crippen LogP contribution in [0.5, 0.6) is 0 Å². The Balaban J connectivity index is 2.98. The molecule has 1 aromatic rings. The van der Waals surface area contributed by atoms with Gasteiger partial charge in [0, 0.05) is 13.2 Å². The first-order valence-electron chi connectivity index (χ1n) is 5.99. The van der Waals surface area contributed by atoms with Crippen LogP contribution in [-0.4, -0.2) is 29.2 Å². The lowest BCUT2D eigenvalue weighted by atomic mass is 10.2. The van der Waals surface area contributed by atoms with E-state index in [9.17, 15) is 13.2 Å². The summed E-state index contributed by atoms with van der Waals surface area (Å²) in [6, 6.07) is 2.07. The van der Waals surface area contributed by atoms with Gasteiger partial charge < -0.3 is 15.8 Å². The summed E-state index contributed by atoms with van der Waals surface area (Å²) >= 11 is 4.80. The average molecular weight is 307 g/mol. The van der Waals surface area contributed by atoms with E-state index >= 15 is 0 Å². The fourth-order valence-corrected chi connectivity index (χ4v) is 1.70. The predicted molar refractivity (Wildman–Crippen MR) is 74.7 cm³/mol. The van der Waals surface area contributed by atoms with Crippen molar-refractivity contribution in [2.75, 3.05) is 18.5 Å². The molecule has 1 heterocycles. The number of ether oxygens (including phenoxy) is 1. The summed E-state index contributed by atoms with van der Waals surface area (Å²) in [7, 11) is 0. The normalized spacial score (nSPS) is 13.1. The first kappa shape index (κ1) is 16.6. The largest absolute Gasteiger partial charge is 0.433 e. The summed E-state index contributed by atoms with van der Waals surface area (Å²) in [6.45, 7) is 4.45. The molecule has 8 heteroatoms. The molecule has 1 unspecified atom stereocenters. The van der Waals surface area contributed by atoms with Crippen LogP contribution in [0.2, 0.25) is 0 Å². The standard InChI is InChI=1S/C12H16F3N3OS/c1-3-19-7(2)6-17-11-8(10(16)20)4-5-9(18-11)12(13,14)15/h4-5,7H,3,6H2,1-2H3,(H2,16,20)(H,17,18). The topological polar surface area (TPSA) is 60.2 Å². The summed E-state index contributed by atoms with van der Waals surface area (Å²) in [5, 5.41) is 2.79. The highest BCUT2D eigenvalue weighted by atomic mass is 32.1. The molecular formula is C12H16F3N3OS. The van der Waals surface area contributed by atoms with Crippen molar-refractivity contribution < 1.29 is 17.9 Å². The monoisotopic (exact) mass is 307 g/mol. The summed E-state index contributed by atoms with van der Waals surface area (Å²) in [4.78, 5) is 3.52. The third-order valence-corrected chi connectivity index (χ3v) is 2.68. The lowest BCUT2D eigenvalue weighted by Crippen LogP contribution is -2.23. The zero-order chi connectivity index (χ0) is 15.3. The number of thiocarbonyl (C=S) groups is 1. The summed E-state index contributed by atoms with van der Waals surface area (Å²) in [6.07, 6.45) is -4.69. The molecule has 0 radical (unpaired) electrons. The number of aromatic nitrogens is 1. The molecule has 0 aliphatic carbocycles. The van der Waals surface area contributed by atoms with Gasteiger partial charge in [-0.25, -0.2) is 4.98 Å². The fourth-order valence-electron chi connectivity index (χ4n) is 1.53. The Labute approximate surface area is 120 Å². The smallest absolute Gasteiger partial charge is 0.389 e. The Bertz CT molecular complexity index is 480. The second-order valence-electron chi connectivity index (χ2n) is 4.10. The van der Waals surface area contributed by atoms with Crippen LogP contribution in [-0.2, 0) is 10.9 Å². The first-order valence-corrected chi connectivity index (χ1v) is 6.40. The highest BCUT2D eigenvalue weighted by Crippen LogP contribution is 2.29. The molecule has 0 saturated heterocycles. The van der Waals surface area contributed by atoms with Crippen LogP contribution in [0.1, 0.15) is 25.1 Å². The van der Waals surface area contributed by atoms with Crippen LogP contribution in [0.15, 0.2) is 12.1 Å². The van der Waals surface area contributed by atoms with Crippen molar-refractivity contribution >= 4 is 23.0 Å². The van der Waals surface area contributed by atoms with Gasteiger partial charge in [-0.2, -0.15) is 13.2 Å². The number of anilines is 1. The Kier molecular flexibility index (Phi) is 5.70. The molecule has 0 amide bonds. The minimum Gasteiger partial charge on any atom is -0.389 e. The van der Waals surface area contributed by atoms with Gasteiger partial charge >= 0.3 is 6.18 Å². The van der Waals surface area contributed by atoms with E-state index in [1.165, 1.54) is 6.07 Å². The van der Waals surface area contributed by atoms with Gasteiger partial charge in [-0.05, 0) is 26.0 Å². The van der Waals surface area contributed by atoms with E-state index in [0.29, 0.717) is 13.2 Å². The Morgan fingerprint density at radius 1 is 1.50 bits per heavy atom. The van der Waals surface area contributed by atoms with Crippen LogP contribution >= 0.6 is 12.2 Å². The quantitative estimate of drug-likeness (QED) is 0.791. The van der Waals surface area contributed by atoms with Gasteiger partial charge in [0.25, 0.3) is 0 Å². The van der Waals surface area contributed by atoms with Gasteiger partial charge in [0.15, 0.2) is 0 Å². The molecule has 0 saturated carbocycles. The van der Waals surface area contributed by atoms with Crippen LogP contribution in [0.4, 0.5) is 19.0 Å². The lowest BCUT2D eigenvalue weighted by Gasteiger charge is -2.16. The number of nitrogens with one attached hydrogen (secondary N) is 1. The second-order valence-corrected chi connectivity index (χ2v) is 4.54. The Hall–Kier alpha value is -1.41. The first-order chi connectivity index (χ1) is 9.25. The van der Waals surface area contributed by atoms with Crippen LogP contribution in [0.25, 0.3) is 0 Å². The maximum Gasteiger partial charge on any atom is 0.433 e. The third-order valence-electron chi connectivity index (χ3n) is 2.46. The van der Waals surface area contributed by atoms with E-state index in [1.807, 2.05) is 6.92 Å². The zero-order valence-electron chi connectivity index (χ0n) is 11.1. The SMILES string of the molecule is CCOC(C)CNc1nc(C(F)(F)F)ccc1C(N)=S. The molecule has 3 N–H and O–H groups in total. The molecule has 0 spiro atoms. The fraction of sp³-hybridized carbons (Fsp3) is 0.500. The lowest BCUT2D eigenvalue weighted by molar-refractivity contribution is -0.141. The van der Waals surface area contributed by atoms with Crippen molar-refractivity contribution in [2.24, 2.45) is 5.73 Å². The van der Waals surface area contributed by atoms with Crippen molar-refractivity contribution in [2.45, 2.75) is 26.1 Å². The molecule has 0 aromatic carbocycles. The van der Waals surface area contributed by atoms with Crippen LogP contribution in [0, 0.1) is 0 Å². The van der Waals surface area contributed by atoms with E-state index in [0.717, 1.165) is 6.07 Å². The van der Waals surface area contributed by atoms with E-state index in [2.05, 4.69) is 10.3 Å². The molecule has 20 heavy (non-hydrogen) atoms. The third kappa shape index (κ3) is 4.61. The summed E-state index contributed by atoms with van der Waals surface area (Å²) < 4.78 is 43.2.